The van der Waals surface area contributed by atoms with Crippen molar-refractivity contribution in [3.63, 3.8) is 0 Å². The number of carbonyl (C=O) groups is 1. The molecule has 7 heteroatoms. The predicted molar refractivity (Wildman–Crippen MR) is 110 cm³/mol. The maximum absolute atomic E-state index is 12.6. The first-order chi connectivity index (χ1) is 12.8. The highest BCUT2D eigenvalue weighted by atomic mass is 16.1. The zero-order valence-electron chi connectivity index (χ0n) is 16.5. The highest BCUT2D eigenvalue weighted by Gasteiger charge is 2.43. The molecule has 1 aliphatic carbocycles. The van der Waals surface area contributed by atoms with E-state index in [-0.39, 0.29) is 11.9 Å². The molecule has 1 heterocycles. The zero-order chi connectivity index (χ0) is 19.6. The molecule has 1 aromatic rings. The molecule has 1 aliphatic heterocycles. The molecule has 27 heavy (non-hydrogen) atoms. The van der Waals surface area contributed by atoms with E-state index in [0.29, 0.717) is 24.0 Å². The van der Waals surface area contributed by atoms with Crippen LogP contribution in [0, 0.1) is 12.8 Å². The Bertz CT molecular complexity index is 777. The number of benzene rings is 1. The van der Waals surface area contributed by atoms with E-state index in [0.717, 1.165) is 36.9 Å². The summed E-state index contributed by atoms with van der Waals surface area (Å²) in [6, 6.07) is 5.68. The van der Waals surface area contributed by atoms with Crippen LogP contribution in [0.15, 0.2) is 28.2 Å². The lowest BCUT2D eigenvalue weighted by atomic mass is 9.87. The fourth-order valence-corrected chi connectivity index (χ4v) is 3.86. The van der Waals surface area contributed by atoms with Crippen molar-refractivity contribution in [2.24, 2.45) is 27.4 Å². The van der Waals surface area contributed by atoms with Gasteiger partial charge < -0.3 is 16.8 Å². The summed E-state index contributed by atoms with van der Waals surface area (Å²) in [4.78, 5) is 23.5. The van der Waals surface area contributed by atoms with Gasteiger partial charge in [0, 0.05) is 17.8 Å². The molecule has 1 fully saturated rings. The van der Waals surface area contributed by atoms with Crippen LogP contribution in [0.4, 0.5) is 5.69 Å². The third kappa shape index (κ3) is 3.91. The first-order valence-corrected chi connectivity index (χ1v) is 9.71. The van der Waals surface area contributed by atoms with Crippen molar-refractivity contribution in [1.82, 2.24) is 5.32 Å². The van der Waals surface area contributed by atoms with Crippen molar-refractivity contribution < 1.29 is 4.79 Å². The molecule has 0 aromatic heterocycles. The number of hydrogen-bond acceptors (Lipinski definition) is 6. The van der Waals surface area contributed by atoms with E-state index >= 15 is 0 Å². The van der Waals surface area contributed by atoms with Gasteiger partial charge in [0.2, 0.25) is 11.9 Å². The number of amides is 1. The summed E-state index contributed by atoms with van der Waals surface area (Å²) in [5, 5.41) is 2.97. The average Bonchev–Trinajstić information content (AvgIpc) is 2.61. The summed E-state index contributed by atoms with van der Waals surface area (Å²) >= 11 is 0. The van der Waals surface area contributed by atoms with Crippen LogP contribution in [0.5, 0.6) is 0 Å². The molecule has 7 nitrogen and oxygen atoms in total. The smallest absolute Gasteiger partial charge is 0.251 e. The van der Waals surface area contributed by atoms with E-state index in [1.807, 2.05) is 30.0 Å². The zero-order valence-corrected chi connectivity index (χ0v) is 16.5. The second-order valence-corrected chi connectivity index (χ2v) is 7.92. The van der Waals surface area contributed by atoms with Gasteiger partial charge in [-0.05, 0) is 56.2 Å². The second-order valence-electron chi connectivity index (χ2n) is 7.92. The largest absolute Gasteiger partial charge is 0.369 e. The van der Waals surface area contributed by atoms with Gasteiger partial charge in [0.05, 0.1) is 0 Å². The van der Waals surface area contributed by atoms with E-state index in [1.54, 1.807) is 0 Å². The van der Waals surface area contributed by atoms with Crippen molar-refractivity contribution in [3.8, 4) is 0 Å². The summed E-state index contributed by atoms with van der Waals surface area (Å²) in [6.07, 6.45) is 5.04. The maximum atomic E-state index is 12.6. The summed E-state index contributed by atoms with van der Waals surface area (Å²) in [5.74, 6) is 0.881. The first-order valence-electron chi connectivity index (χ1n) is 9.71. The Labute approximate surface area is 160 Å². The number of nitrogens with one attached hydrogen (secondary N) is 1. The molecule has 0 unspecified atom stereocenters. The Balaban J connectivity index is 1.99. The molecule has 146 valence electrons. The summed E-state index contributed by atoms with van der Waals surface area (Å²) in [6.45, 7) is 6.79. The molecule has 1 amide bonds. The minimum absolute atomic E-state index is 0.0850. The molecular formula is C20H30N6O. The minimum Gasteiger partial charge on any atom is -0.369 e. The Morgan fingerprint density at radius 2 is 1.96 bits per heavy atom. The highest BCUT2D eigenvalue weighted by molar-refractivity contribution is 6.06. The van der Waals surface area contributed by atoms with E-state index in [9.17, 15) is 4.79 Å². The van der Waals surface area contributed by atoms with Gasteiger partial charge in [0.25, 0.3) is 5.91 Å². The lowest BCUT2D eigenvalue weighted by molar-refractivity contribution is 0.0949. The molecule has 0 saturated heterocycles. The van der Waals surface area contributed by atoms with Crippen LogP contribution in [0.2, 0.25) is 0 Å². The topological polar surface area (TPSA) is 109 Å². The molecule has 1 spiro atoms. The van der Waals surface area contributed by atoms with Gasteiger partial charge in [-0.2, -0.15) is 4.99 Å². The number of rotatable bonds is 4. The summed E-state index contributed by atoms with van der Waals surface area (Å²) < 4.78 is 0. The van der Waals surface area contributed by atoms with E-state index in [1.165, 1.54) is 6.42 Å². The summed E-state index contributed by atoms with van der Waals surface area (Å²) in [7, 11) is 0. The van der Waals surface area contributed by atoms with Gasteiger partial charge in [0.15, 0.2) is 0 Å². The maximum Gasteiger partial charge on any atom is 0.251 e. The summed E-state index contributed by atoms with van der Waals surface area (Å²) in [5.41, 5.74) is 14.3. The number of carbonyl (C=O) groups excluding carboxylic acids is 1. The number of aliphatic imine (C=N–C) groups is 2. The number of nitrogens with zero attached hydrogens (tertiary/aromatic N) is 3. The molecule has 0 bridgehead atoms. The van der Waals surface area contributed by atoms with Crippen molar-refractivity contribution >= 4 is 23.5 Å². The third-order valence-corrected chi connectivity index (χ3v) is 5.23. The van der Waals surface area contributed by atoms with Crippen LogP contribution in [0.3, 0.4) is 0 Å². The molecule has 0 atom stereocenters. The van der Waals surface area contributed by atoms with Gasteiger partial charge in [-0.1, -0.05) is 26.3 Å². The molecule has 1 saturated carbocycles. The number of anilines is 1. The van der Waals surface area contributed by atoms with Crippen molar-refractivity contribution in [2.45, 2.75) is 58.5 Å². The van der Waals surface area contributed by atoms with E-state index in [4.69, 9.17) is 16.5 Å². The second kappa shape index (κ2) is 7.58. The molecule has 5 N–H and O–H groups in total. The van der Waals surface area contributed by atoms with Crippen molar-refractivity contribution in [1.29, 1.82) is 0 Å². The van der Waals surface area contributed by atoms with Crippen molar-refractivity contribution in [3.05, 3.63) is 29.3 Å². The van der Waals surface area contributed by atoms with E-state index in [2.05, 4.69) is 24.2 Å². The van der Waals surface area contributed by atoms with Gasteiger partial charge in [-0.15, -0.1) is 0 Å². The van der Waals surface area contributed by atoms with Crippen LogP contribution >= 0.6 is 0 Å². The molecule has 0 radical (unpaired) electrons. The van der Waals surface area contributed by atoms with Crippen LogP contribution < -0.4 is 21.7 Å². The number of nitrogens with two attached hydrogens (primary N) is 2. The van der Waals surface area contributed by atoms with Crippen LogP contribution in [0.1, 0.15) is 61.9 Å². The Morgan fingerprint density at radius 1 is 1.26 bits per heavy atom. The third-order valence-electron chi connectivity index (χ3n) is 5.23. The van der Waals surface area contributed by atoms with Gasteiger partial charge in [-0.3, -0.25) is 9.69 Å². The van der Waals surface area contributed by atoms with Crippen LogP contribution in [0.25, 0.3) is 0 Å². The highest BCUT2D eigenvalue weighted by Crippen LogP contribution is 2.40. The fraction of sp³-hybridized carbons (Fsp3) is 0.550. The van der Waals surface area contributed by atoms with Crippen LogP contribution in [-0.4, -0.2) is 30.0 Å². The van der Waals surface area contributed by atoms with Crippen LogP contribution in [-0.2, 0) is 0 Å². The SMILES string of the molecule is Cc1ccc(C(=O)NCC(C)C)cc1N1C(N)=NC(N)=NC12CCCCC2. The van der Waals surface area contributed by atoms with E-state index < -0.39 is 5.66 Å². The average molecular weight is 371 g/mol. The molecule has 1 aromatic carbocycles. The lowest BCUT2D eigenvalue weighted by Gasteiger charge is -2.46. The van der Waals surface area contributed by atoms with Crippen molar-refractivity contribution in [2.75, 3.05) is 11.4 Å². The standard InChI is InChI=1S/C20H30N6O/c1-13(2)12-23-17(27)15-8-7-14(3)16(11-15)26-19(22)24-18(21)25-20(26)9-5-4-6-10-20/h7-8,11,13H,4-6,9-10,12H2,1-3H3,(H,23,27)(H4,21,22,24,25). The molecular weight excluding hydrogens is 340 g/mol. The molecule has 2 aliphatic rings. The number of aryl methyl sites for hydroxylation is 1. The monoisotopic (exact) mass is 370 g/mol. The van der Waals surface area contributed by atoms with Gasteiger partial charge >= 0.3 is 0 Å². The Hall–Kier alpha value is -2.57. The quantitative estimate of drug-likeness (QED) is 0.756. The number of hydrogen-bond donors (Lipinski definition) is 3. The first kappa shape index (κ1) is 19.2. The van der Waals surface area contributed by atoms with Gasteiger partial charge in [-0.25, -0.2) is 4.99 Å². The normalized spacial score (nSPS) is 19.0. The molecule has 3 rings (SSSR count). The Morgan fingerprint density at radius 3 is 2.63 bits per heavy atom. The fourth-order valence-electron chi connectivity index (χ4n) is 3.86. The number of guanidine groups is 2. The Kier molecular flexibility index (Phi) is 5.39. The minimum atomic E-state index is -0.508. The lowest BCUT2D eigenvalue weighted by Crippen LogP contribution is -2.58. The predicted octanol–water partition coefficient (Wildman–Crippen LogP) is 2.49. The van der Waals surface area contributed by atoms with Gasteiger partial charge in [0.1, 0.15) is 5.66 Å².